The van der Waals surface area contributed by atoms with E-state index in [-0.39, 0.29) is 33.3 Å². The van der Waals surface area contributed by atoms with Crippen molar-refractivity contribution in [2.24, 2.45) is 0 Å². The molecule has 304 valence electrons. The minimum absolute atomic E-state index is 0.0177. The predicted molar refractivity (Wildman–Crippen MR) is 204 cm³/mol. The van der Waals surface area contributed by atoms with Crippen LogP contribution in [0, 0.1) is 18.6 Å². The average Bonchev–Trinajstić information content (AvgIpc) is 3.61. The van der Waals surface area contributed by atoms with E-state index in [4.69, 9.17) is 14.2 Å². The molecule has 6 aromatic rings. The Morgan fingerprint density at radius 1 is 0.879 bits per heavy atom. The Morgan fingerprint density at radius 2 is 1.59 bits per heavy atom. The summed E-state index contributed by atoms with van der Waals surface area (Å²) in [5, 5.41) is 5.15. The summed E-state index contributed by atoms with van der Waals surface area (Å²) in [6.07, 6.45) is 2.07. The monoisotopic (exact) mass is 822 g/mol. The molecular weight excluding hydrogens is 784 g/mol. The van der Waals surface area contributed by atoms with E-state index in [1.165, 1.54) is 48.5 Å². The molecule has 0 bridgehead atoms. The molecule has 17 heteroatoms. The summed E-state index contributed by atoms with van der Waals surface area (Å²) in [5.41, 5.74) is 2.27. The highest BCUT2D eigenvalue weighted by Gasteiger charge is 2.34. The third-order valence-electron chi connectivity index (χ3n) is 10.3. The molecule has 0 spiro atoms. The maximum Gasteiger partial charge on any atom is 0.433 e. The lowest BCUT2D eigenvalue weighted by Gasteiger charge is -2.31. The van der Waals surface area contributed by atoms with Crippen molar-refractivity contribution in [1.82, 2.24) is 29.6 Å². The smallest absolute Gasteiger partial charge is 0.424 e. The second-order valence-corrected chi connectivity index (χ2v) is 16.4. The van der Waals surface area contributed by atoms with Crippen molar-refractivity contribution in [3.63, 3.8) is 0 Å². The van der Waals surface area contributed by atoms with E-state index in [2.05, 4.69) is 20.0 Å². The minimum Gasteiger partial charge on any atom is -0.424 e. The molecule has 0 aliphatic carbocycles. The first-order valence-corrected chi connectivity index (χ1v) is 20.6. The molecule has 0 unspecified atom stereocenters. The van der Waals surface area contributed by atoms with Crippen LogP contribution < -0.4 is 10.3 Å². The zero-order valence-electron chi connectivity index (χ0n) is 31.6. The highest BCUT2D eigenvalue weighted by Crippen LogP contribution is 2.34. The van der Waals surface area contributed by atoms with Gasteiger partial charge in [0, 0.05) is 60.0 Å². The number of piperidine rings is 1. The Hall–Kier alpha value is -5.55. The van der Waals surface area contributed by atoms with Gasteiger partial charge in [-0.3, -0.25) is 9.36 Å². The van der Waals surface area contributed by atoms with E-state index in [1.807, 2.05) is 11.5 Å². The molecule has 3 aromatic heterocycles. The van der Waals surface area contributed by atoms with E-state index in [0.717, 1.165) is 117 Å². The normalized spacial score (nSPS) is 15.2. The van der Waals surface area contributed by atoms with Gasteiger partial charge in [-0.25, -0.2) is 22.2 Å². The number of benzene rings is 3. The van der Waals surface area contributed by atoms with Gasteiger partial charge in [-0.2, -0.15) is 23.1 Å². The van der Waals surface area contributed by atoms with Crippen LogP contribution in [0.15, 0.2) is 87.0 Å². The van der Waals surface area contributed by atoms with Crippen LogP contribution in [0.3, 0.4) is 0 Å². The first-order chi connectivity index (χ1) is 27.6. The fraction of sp³-hybridized carbons (Fsp3) is 0.341. The van der Waals surface area contributed by atoms with E-state index in [9.17, 15) is 35.2 Å². The average molecular weight is 823 g/mol. The van der Waals surface area contributed by atoms with Crippen molar-refractivity contribution in [3.8, 4) is 23.0 Å². The zero-order valence-corrected chi connectivity index (χ0v) is 32.4. The molecule has 5 heterocycles. The lowest BCUT2D eigenvalue weighted by molar-refractivity contribution is -0.141. The number of aromatic nitrogens is 5. The highest BCUT2D eigenvalue weighted by molar-refractivity contribution is 7.90. The van der Waals surface area contributed by atoms with Crippen molar-refractivity contribution in [1.29, 1.82) is 0 Å². The molecule has 0 atom stereocenters. The molecule has 3 aromatic carbocycles. The van der Waals surface area contributed by atoms with Crippen LogP contribution in [0.2, 0.25) is 0 Å². The fourth-order valence-corrected chi connectivity index (χ4v) is 7.82. The Kier molecular flexibility index (Phi) is 11.7. The predicted octanol–water partition coefficient (Wildman–Crippen LogP) is 8.09. The number of rotatable bonds is 8. The molecule has 0 saturated carbocycles. The minimum atomic E-state index is -4.76. The maximum absolute atomic E-state index is 13.4. The molecule has 58 heavy (non-hydrogen) atoms. The van der Waals surface area contributed by atoms with Gasteiger partial charge in [0.2, 0.25) is 0 Å². The van der Waals surface area contributed by atoms with Crippen molar-refractivity contribution >= 4 is 20.8 Å². The van der Waals surface area contributed by atoms with E-state index >= 15 is 0 Å². The zero-order chi connectivity index (χ0) is 41.2. The van der Waals surface area contributed by atoms with E-state index < -0.39 is 33.5 Å². The van der Waals surface area contributed by atoms with Gasteiger partial charge >= 0.3 is 12.2 Å². The van der Waals surface area contributed by atoms with E-state index in [1.54, 1.807) is 6.07 Å². The maximum atomic E-state index is 13.4. The van der Waals surface area contributed by atoms with Crippen LogP contribution in [-0.4, -0.2) is 63.9 Å². The number of aryl methyl sites for hydroxylation is 2. The Morgan fingerprint density at radius 3 is 2.28 bits per heavy atom. The summed E-state index contributed by atoms with van der Waals surface area (Å²) in [6, 6.07) is 14.6. The summed E-state index contributed by atoms with van der Waals surface area (Å²) >= 11 is 0. The number of likely N-dealkylation sites (tertiary alicyclic amines) is 1. The van der Waals surface area contributed by atoms with Gasteiger partial charge in [-0.15, -0.1) is 0 Å². The van der Waals surface area contributed by atoms with Crippen molar-refractivity contribution in [2.45, 2.75) is 69.0 Å². The molecule has 0 amide bonds. The Balaban J connectivity index is 0.000000177. The molecule has 1 fully saturated rings. The number of fused-ring (bicyclic) bond motifs is 2. The van der Waals surface area contributed by atoms with Crippen LogP contribution in [-0.2, 0) is 35.4 Å². The fourth-order valence-electron chi connectivity index (χ4n) is 7.19. The molecular formula is C41H39F5N6O5S. The van der Waals surface area contributed by atoms with Gasteiger partial charge < -0.3 is 14.2 Å². The Labute approximate surface area is 330 Å². The first kappa shape index (κ1) is 40.6. The number of sulfone groups is 1. The molecule has 8 rings (SSSR count). The van der Waals surface area contributed by atoms with Crippen LogP contribution in [0.1, 0.15) is 60.1 Å². The molecule has 11 nitrogen and oxygen atoms in total. The Bertz CT molecular complexity index is 2590. The summed E-state index contributed by atoms with van der Waals surface area (Å²) < 4.78 is 101. The topological polar surface area (TPSA) is 133 Å². The molecule has 2 aliphatic heterocycles. The van der Waals surface area contributed by atoms with Gasteiger partial charge in [0.1, 0.15) is 23.2 Å². The first-order valence-electron chi connectivity index (χ1n) is 18.7. The molecule has 1 saturated heterocycles. The lowest BCUT2D eigenvalue weighted by atomic mass is 9.91. The third kappa shape index (κ3) is 9.42. The second kappa shape index (κ2) is 16.7. The van der Waals surface area contributed by atoms with Crippen LogP contribution in [0.4, 0.5) is 22.0 Å². The van der Waals surface area contributed by atoms with Crippen LogP contribution in [0.5, 0.6) is 11.8 Å². The van der Waals surface area contributed by atoms with Gasteiger partial charge in [0.05, 0.1) is 16.3 Å². The van der Waals surface area contributed by atoms with Crippen molar-refractivity contribution in [2.75, 3.05) is 25.9 Å². The number of hydrogen-bond donors (Lipinski definition) is 0. The molecule has 2 aliphatic rings. The van der Waals surface area contributed by atoms with Crippen LogP contribution in [0.25, 0.3) is 22.2 Å². The van der Waals surface area contributed by atoms with Gasteiger partial charge in [0.15, 0.2) is 21.1 Å². The number of ether oxygens (including phenoxy) is 1. The van der Waals surface area contributed by atoms with Gasteiger partial charge in [0.25, 0.3) is 5.56 Å². The van der Waals surface area contributed by atoms with Gasteiger partial charge in [-0.05, 0) is 107 Å². The van der Waals surface area contributed by atoms with E-state index in [0.29, 0.717) is 11.5 Å². The molecule has 0 N–H and O–H groups in total. The summed E-state index contributed by atoms with van der Waals surface area (Å²) in [5.74, 6) is 0.490. The van der Waals surface area contributed by atoms with Gasteiger partial charge in [-0.1, -0.05) is 17.3 Å². The largest absolute Gasteiger partial charge is 0.433 e. The quantitative estimate of drug-likeness (QED) is 0.139. The highest BCUT2D eigenvalue weighted by atomic mass is 32.2. The third-order valence-corrected chi connectivity index (χ3v) is 11.4. The standard InChI is InChI=1S/C23H27FN4O2.C18H12F4N2O3S/c1-15-18(23(29)28-10-3-2-4-21(28)25-15)9-13-27-11-7-16(8-12-27)22-19-6-5-17(24)14-20(19)30-26-22;1-28(25,26)14-8-2-11(3-9-14)15-10-16(18(20,21)22)24-17(23-15)27-13-6-4-12(19)5-7-13/h5-6,14,16H,2-4,7-13H2,1H3;2-10H,1H3. The second-order valence-electron chi connectivity index (χ2n) is 14.4. The van der Waals surface area contributed by atoms with Crippen LogP contribution >= 0.6 is 0 Å². The number of halogens is 5. The van der Waals surface area contributed by atoms with Crippen molar-refractivity contribution < 1.29 is 39.6 Å². The summed E-state index contributed by atoms with van der Waals surface area (Å²) in [7, 11) is -3.45. The molecule has 0 radical (unpaired) electrons. The summed E-state index contributed by atoms with van der Waals surface area (Å²) in [6.45, 7) is 5.55. The summed E-state index contributed by atoms with van der Waals surface area (Å²) in [4.78, 5) is 27.4. The number of nitrogens with zero attached hydrogens (tertiary/aromatic N) is 6. The SMILES string of the molecule is CS(=O)(=O)c1ccc(-c2cc(C(F)(F)F)nc(Oc3ccc(F)cc3)n2)cc1.Cc1nc2n(c(=O)c1CCN1CCC(c3noc4cc(F)ccc34)CC1)CCCC2. The van der Waals surface area contributed by atoms with Crippen molar-refractivity contribution in [3.05, 3.63) is 123 Å². The number of alkyl halides is 3. The number of hydrogen-bond acceptors (Lipinski definition) is 10. The lowest BCUT2D eigenvalue weighted by Crippen LogP contribution is -2.37.